The number of carbonyl (C=O) groups excluding carboxylic acids is 1. The smallest absolute Gasteiger partial charge is 0.150 e. The Kier molecular flexibility index (Phi) is 5.73. The van der Waals surface area contributed by atoms with Crippen molar-refractivity contribution in [2.45, 2.75) is 46.3 Å². The second kappa shape index (κ2) is 7.56. The molecule has 0 spiro atoms. The van der Waals surface area contributed by atoms with E-state index < -0.39 is 0 Å². The molecule has 2 rings (SSSR count). The molecule has 0 aliphatic rings. The van der Waals surface area contributed by atoms with E-state index in [1.54, 1.807) is 6.07 Å². The molecule has 0 amide bonds. The van der Waals surface area contributed by atoms with E-state index in [4.69, 9.17) is 4.74 Å². The molecule has 2 aromatic carbocycles. The molecular weight excluding hydrogens is 284 g/mol. The normalized spacial score (nSPS) is 11.7. The van der Waals surface area contributed by atoms with Crippen LogP contribution in [0.3, 0.4) is 0 Å². The molecule has 2 heteroatoms. The Bertz CT molecular complexity index is 656. The van der Waals surface area contributed by atoms with Gasteiger partial charge >= 0.3 is 0 Å². The number of aldehydes is 1. The molecule has 0 bridgehead atoms. The van der Waals surface area contributed by atoms with Crippen molar-refractivity contribution in [1.82, 2.24) is 0 Å². The standard InChI is InChI=1S/C21H26O2/c1-16(2)21(3,4)20-10-6-9-19(12-20)15-23-14-18-8-5-7-17(11-18)13-22/h5-13,16H,14-15H2,1-4H3. The van der Waals surface area contributed by atoms with Crippen LogP contribution in [0.25, 0.3) is 0 Å². The minimum atomic E-state index is 0.147. The Hall–Kier alpha value is -1.93. The van der Waals surface area contributed by atoms with Gasteiger partial charge in [-0.2, -0.15) is 0 Å². The molecule has 0 saturated heterocycles. The summed E-state index contributed by atoms with van der Waals surface area (Å²) in [6.07, 6.45) is 0.862. The summed E-state index contributed by atoms with van der Waals surface area (Å²) in [5.74, 6) is 0.574. The first-order valence-electron chi connectivity index (χ1n) is 8.14. The molecule has 23 heavy (non-hydrogen) atoms. The summed E-state index contributed by atoms with van der Waals surface area (Å²) < 4.78 is 5.82. The van der Waals surface area contributed by atoms with E-state index in [0.29, 0.717) is 24.7 Å². The third-order valence-electron chi connectivity index (χ3n) is 4.74. The van der Waals surface area contributed by atoms with Gasteiger partial charge in [-0.05, 0) is 34.1 Å². The predicted octanol–water partition coefficient (Wildman–Crippen LogP) is 5.15. The van der Waals surface area contributed by atoms with Crippen LogP contribution in [-0.2, 0) is 23.4 Å². The highest BCUT2D eigenvalue weighted by Crippen LogP contribution is 2.31. The fourth-order valence-electron chi connectivity index (χ4n) is 2.44. The molecule has 2 nitrogen and oxygen atoms in total. The number of ether oxygens (including phenoxy) is 1. The third-order valence-corrected chi connectivity index (χ3v) is 4.74. The fourth-order valence-corrected chi connectivity index (χ4v) is 2.44. The molecule has 0 aliphatic carbocycles. The van der Waals surface area contributed by atoms with E-state index in [2.05, 4.69) is 52.0 Å². The van der Waals surface area contributed by atoms with E-state index in [0.717, 1.165) is 11.8 Å². The van der Waals surface area contributed by atoms with Crippen LogP contribution in [-0.4, -0.2) is 6.29 Å². The zero-order chi connectivity index (χ0) is 16.9. The van der Waals surface area contributed by atoms with Gasteiger partial charge in [0.1, 0.15) is 6.29 Å². The zero-order valence-corrected chi connectivity index (χ0v) is 14.5. The molecule has 0 saturated carbocycles. The lowest BCUT2D eigenvalue weighted by atomic mass is 9.75. The molecular formula is C21H26O2. The topological polar surface area (TPSA) is 26.3 Å². The maximum Gasteiger partial charge on any atom is 0.150 e. The van der Waals surface area contributed by atoms with Gasteiger partial charge in [-0.25, -0.2) is 0 Å². The van der Waals surface area contributed by atoms with Crippen molar-refractivity contribution in [2.75, 3.05) is 0 Å². The van der Waals surface area contributed by atoms with Crippen molar-refractivity contribution >= 4 is 6.29 Å². The molecule has 2 aromatic rings. The average Bonchev–Trinajstić information content (AvgIpc) is 2.55. The van der Waals surface area contributed by atoms with Crippen LogP contribution in [0.5, 0.6) is 0 Å². The second-order valence-electron chi connectivity index (χ2n) is 6.93. The second-order valence-corrected chi connectivity index (χ2v) is 6.93. The van der Waals surface area contributed by atoms with Crippen LogP contribution in [0, 0.1) is 5.92 Å². The van der Waals surface area contributed by atoms with Gasteiger partial charge < -0.3 is 4.74 Å². The first-order chi connectivity index (χ1) is 10.9. The number of hydrogen-bond acceptors (Lipinski definition) is 2. The Labute approximate surface area is 139 Å². The summed E-state index contributed by atoms with van der Waals surface area (Å²) in [5.41, 5.74) is 4.38. The predicted molar refractivity (Wildman–Crippen MR) is 94.6 cm³/mol. The summed E-state index contributed by atoms with van der Waals surface area (Å²) >= 11 is 0. The number of benzene rings is 2. The fraction of sp³-hybridized carbons (Fsp3) is 0.381. The highest BCUT2D eigenvalue weighted by molar-refractivity contribution is 5.74. The van der Waals surface area contributed by atoms with Crippen molar-refractivity contribution in [3.8, 4) is 0 Å². The lowest BCUT2D eigenvalue weighted by Crippen LogP contribution is -2.24. The van der Waals surface area contributed by atoms with Crippen molar-refractivity contribution in [3.05, 3.63) is 70.8 Å². The molecule has 0 fully saturated rings. The Balaban J connectivity index is 2.00. The van der Waals surface area contributed by atoms with Gasteiger partial charge in [-0.1, -0.05) is 70.2 Å². The number of carbonyl (C=O) groups is 1. The Morgan fingerprint density at radius 2 is 1.61 bits per heavy atom. The molecule has 0 aliphatic heterocycles. The molecule has 0 heterocycles. The van der Waals surface area contributed by atoms with Crippen molar-refractivity contribution in [1.29, 1.82) is 0 Å². The van der Waals surface area contributed by atoms with Gasteiger partial charge in [-0.15, -0.1) is 0 Å². The monoisotopic (exact) mass is 310 g/mol. The maximum absolute atomic E-state index is 10.8. The largest absolute Gasteiger partial charge is 0.372 e. The highest BCUT2D eigenvalue weighted by Gasteiger charge is 2.24. The quantitative estimate of drug-likeness (QED) is 0.661. The van der Waals surface area contributed by atoms with Crippen LogP contribution in [0.15, 0.2) is 48.5 Å². The number of rotatable bonds is 7. The van der Waals surface area contributed by atoms with Crippen LogP contribution >= 0.6 is 0 Å². The van der Waals surface area contributed by atoms with Crippen LogP contribution in [0.4, 0.5) is 0 Å². The minimum absolute atomic E-state index is 0.147. The third kappa shape index (κ3) is 4.52. The summed E-state index contributed by atoms with van der Waals surface area (Å²) in [5, 5.41) is 0. The van der Waals surface area contributed by atoms with Crippen molar-refractivity contribution < 1.29 is 9.53 Å². The average molecular weight is 310 g/mol. The van der Waals surface area contributed by atoms with Gasteiger partial charge in [0.2, 0.25) is 0 Å². The molecule has 0 radical (unpaired) electrons. The van der Waals surface area contributed by atoms with Gasteiger partial charge in [0.15, 0.2) is 0 Å². The first-order valence-corrected chi connectivity index (χ1v) is 8.14. The lowest BCUT2D eigenvalue weighted by Gasteiger charge is -2.30. The summed E-state index contributed by atoms with van der Waals surface area (Å²) in [6, 6.07) is 16.2. The van der Waals surface area contributed by atoms with E-state index in [1.807, 2.05) is 18.2 Å². The van der Waals surface area contributed by atoms with Gasteiger partial charge in [0, 0.05) is 5.56 Å². The highest BCUT2D eigenvalue weighted by atomic mass is 16.5. The van der Waals surface area contributed by atoms with E-state index in [-0.39, 0.29) is 5.41 Å². The zero-order valence-electron chi connectivity index (χ0n) is 14.5. The van der Waals surface area contributed by atoms with Gasteiger partial charge in [0.25, 0.3) is 0 Å². The van der Waals surface area contributed by atoms with Crippen LogP contribution < -0.4 is 0 Å². The van der Waals surface area contributed by atoms with Crippen LogP contribution in [0.2, 0.25) is 0 Å². The molecule has 0 aromatic heterocycles. The Morgan fingerprint density at radius 3 is 2.22 bits per heavy atom. The minimum Gasteiger partial charge on any atom is -0.372 e. The summed E-state index contributed by atoms with van der Waals surface area (Å²) in [4.78, 5) is 10.8. The van der Waals surface area contributed by atoms with Gasteiger partial charge in [-0.3, -0.25) is 4.79 Å². The summed E-state index contributed by atoms with van der Waals surface area (Å²) in [7, 11) is 0. The van der Waals surface area contributed by atoms with E-state index in [9.17, 15) is 4.79 Å². The lowest BCUT2D eigenvalue weighted by molar-refractivity contribution is 0.106. The van der Waals surface area contributed by atoms with Gasteiger partial charge in [0.05, 0.1) is 13.2 Å². The number of hydrogen-bond donors (Lipinski definition) is 0. The van der Waals surface area contributed by atoms with E-state index >= 15 is 0 Å². The molecule has 0 N–H and O–H groups in total. The molecule has 122 valence electrons. The maximum atomic E-state index is 10.8. The molecule has 0 atom stereocenters. The van der Waals surface area contributed by atoms with E-state index in [1.165, 1.54) is 11.1 Å². The SMILES string of the molecule is CC(C)C(C)(C)c1cccc(COCc2cccc(C=O)c2)c1. The molecule has 0 unspecified atom stereocenters. The van der Waals surface area contributed by atoms with Crippen molar-refractivity contribution in [2.24, 2.45) is 5.92 Å². The Morgan fingerprint density at radius 1 is 1.00 bits per heavy atom. The van der Waals surface area contributed by atoms with Crippen molar-refractivity contribution in [3.63, 3.8) is 0 Å². The summed E-state index contributed by atoms with van der Waals surface area (Å²) in [6.45, 7) is 10.2. The van der Waals surface area contributed by atoms with Crippen LogP contribution in [0.1, 0.15) is 54.7 Å². The first kappa shape index (κ1) is 17.4.